The van der Waals surface area contributed by atoms with Crippen molar-refractivity contribution in [3.63, 3.8) is 0 Å². The second kappa shape index (κ2) is 7.01. The van der Waals surface area contributed by atoms with E-state index in [1.54, 1.807) is 0 Å². The van der Waals surface area contributed by atoms with Crippen molar-refractivity contribution >= 4 is 20.4 Å². The van der Waals surface area contributed by atoms with Gasteiger partial charge in [-0.25, -0.2) is 0 Å². The molecule has 0 spiro atoms. The lowest BCUT2D eigenvalue weighted by molar-refractivity contribution is -0.155. The average Bonchev–Trinajstić information content (AvgIpc) is 2.44. The summed E-state index contributed by atoms with van der Waals surface area (Å²) in [6.07, 6.45) is 4.83. The summed E-state index contributed by atoms with van der Waals surface area (Å²) in [5, 5.41) is 0.143. The summed E-state index contributed by atoms with van der Waals surface area (Å²) < 4.78 is 11.8. The van der Waals surface area contributed by atoms with Gasteiger partial charge in [-0.2, -0.15) is 0 Å². The van der Waals surface area contributed by atoms with E-state index in [1.807, 2.05) is 42.5 Å². The highest BCUT2D eigenvalue weighted by Crippen LogP contribution is 2.38. The van der Waals surface area contributed by atoms with Crippen LogP contribution in [0.4, 0.5) is 0 Å². The number of cyclic esters (lactones) is 1. The number of esters is 1. The van der Waals surface area contributed by atoms with Crippen LogP contribution in [0.2, 0.25) is 18.1 Å². The Morgan fingerprint density at radius 3 is 2.48 bits per heavy atom. The van der Waals surface area contributed by atoms with Gasteiger partial charge in [0.25, 0.3) is 0 Å². The molecule has 0 aromatic heterocycles. The van der Waals surface area contributed by atoms with Crippen molar-refractivity contribution in [3.8, 4) is 0 Å². The van der Waals surface area contributed by atoms with Crippen LogP contribution < -0.4 is 0 Å². The first kappa shape index (κ1) is 18.0. The van der Waals surface area contributed by atoms with E-state index in [0.29, 0.717) is 6.42 Å². The first-order valence-corrected chi connectivity index (χ1v) is 11.2. The minimum absolute atomic E-state index is 0.0393. The summed E-state index contributed by atoms with van der Waals surface area (Å²) in [6.45, 7) is 11.1. The number of carbonyl (C=O) groups excluding carboxylic acids is 1. The number of ether oxygens (including phenoxy) is 1. The van der Waals surface area contributed by atoms with Crippen molar-refractivity contribution in [2.45, 2.75) is 64.0 Å². The van der Waals surface area contributed by atoms with Gasteiger partial charge in [0.2, 0.25) is 0 Å². The summed E-state index contributed by atoms with van der Waals surface area (Å²) in [4.78, 5) is 11.9. The molecule has 1 aliphatic heterocycles. The van der Waals surface area contributed by atoms with Crippen LogP contribution in [0.5, 0.6) is 0 Å². The van der Waals surface area contributed by atoms with Crippen LogP contribution in [0.25, 0.3) is 6.08 Å². The highest BCUT2D eigenvalue weighted by atomic mass is 28.4. The molecule has 0 saturated carbocycles. The minimum atomic E-state index is -1.87. The summed E-state index contributed by atoms with van der Waals surface area (Å²) in [7, 11) is -1.87. The molecule has 0 radical (unpaired) electrons. The van der Waals surface area contributed by atoms with E-state index in [-0.39, 0.29) is 23.2 Å². The molecule has 0 amide bonds. The molecule has 1 saturated heterocycles. The highest BCUT2D eigenvalue weighted by Gasteiger charge is 2.41. The molecule has 2 rings (SSSR count). The van der Waals surface area contributed by atoms with Gasteiger partial charge in [-0.15, -0.1) is 0 Å². The molecular weight excluding hydrogens is 304 g/mol. The smallest absolute Gasteiger partial charge is 0.308 e. The molecule has 1 aliphatic rings. The lowest BCUT2D eigenvalue weighted by Crippen LogP contribution is -2.46. The third kappa shape index (κ3) is 5.04. The third-order valence-electron chi connectivity index (χ3n) is 4.74. The molecule has 23 heavy (non-hydrogen) atoms. The molecule has 3 nitrogen and oxygen atoms in total. The van der Waals surface area contributed by atoms with E-state index < -0.39 is 8.32 Å². The summed E-state index contributed by atoms with van der Waals surface area (Å²) in [5.74, 6) is -0.164. The SMILES string of the molecule is CC(C)(C)[Si](C)(C)O[C@H]1CC(=O)O[C@H](C=Cc2ccccc2)C1. The fraction of sp³-hybridized carbons (Fsp3) is 0.526. The monoisotopic (exact) mass is 332 g/mol. The standard InChI is InChI=1S/C19H28O3Si/c1-19(2,3)23(4,5)22-17-13-16(21-18(20)14-17)12-11-15-9-7-6-8-10-15/h6-12,16-17H,13-14H2,1-5H3/t16-,17-/m1/s1. The van der Waals surface area contributed by atoms with Crippen LogP contribution >= 0.6 is 0 Å². The number of benzene rings is 1. The second-order valence-electron chi connectivity index (χ2n) is 7.74. The lowest BCUT2D eigenvalue weighted by atomic mass is 10.0. The van der Waals surface area contributed by atoms with E-state index in [9.17, 15) is 4.79 Å². The van der Waals surface area contributed by atoms with Crippen molar-refractivity contribution < 1.29 is 14.0 Å². The Bertz CT molecular complexity index is 558. The normalized spacial score (nSPS) is 23.1. The Morgan fingerprint density at radius 2 is 1.87 bits per heavy atom. The molecule has 1 heterocycles. The molecule has 1 aromatic rings. The molecule has 0 unspecified atom stereocenters. The maximum Gasteiger partial charge on any atom is 0.308 e. The second-order valence-corrected chi connectivity index (χ2v) is 12.5. The Balaban J connectivity index is 2.02. The molecule has 126 valence electrons. The Labute approximate surface area is 140 Å². The summed E-state index contributed by atoms with van der Waals surface area (Å²) in [5.41, 5.74) is 1.11. The van der Waals surface area contributed by atoms with Crippen LogP contribution in [0, 0.1) is 0 Å². The molecule has 0 aliphatic carbocycles. The van der Waals surface area contributed by atoms with Gasteiger partial charge in [0.15, 0.2) is 8.32 Å². The van der Waals surface area contributed by atoms with E-state index in [4.69, 9.17) is 9.16 Å². The highest BCUT2D eigenvalue weighted by molar-refractivity contribution is 6.74. The fourth-order valence-corrected chi connectivity index (χ4v) is 3.74. The molecule has 1 fully saturated rings. The number of carbonyl (C=O) groups is 1. The van der Waals surface area contributed by atoms with Crippen molar-refractivity contribution in [2.75, 3.05) is 0 Å². The van der Waals surface area contributed by atoms with Crippen molar-refractivity contribution in [1.29, 1.82) is 0 Å². The fourth-order valence-electron chi connectivity index (χ4n) is 2.38. The number of hydrogen-bond donors (Lipinski definition) is 0. The van der Waals surface area contributed by atoms with E-state index in [1.165, 1.54) is 0 Å². The van der Waals surface area contributed by atoms with Gasteiger partial charge < -0.3 is 9.16 Å². The molecule has 0 N–H and O–H groups in total. The van der Waals surface area contributed by atoms with Gasteiger partial charge in [-0.05, 0) is 29.8 Å². The zero-order valence-electron chi connectivity index (χ0n) is 14.8. The van der Waals surface area contributed by atoms with Crippen LogP contribution in [0.1, 0.15) is 39.2 Å². The summed E-state index contributed by atoms with van der Waals surface area (Å²) >= 11 is 0. The van der Waals surface area contributed by atoms with E-state index in [2.05, 4.69) is 33.9 Å². The predicted molar refractivity (Wildman–Crippen MR) is 96.7 cm³/mol. The van der Waals surface area contributed by atoms with Gasteiger partial charge in [-0.1, -0.05) is 57.2 Å². The quantitative estimate of drug-likeness (QED) is 0.587. The predicted octanol–water partition coefficient (Wildman–Crippen LogP) is 4.80. The number of rotatable bonds is 4. The van der Waals surface area contributed by atoms with Gasteiger partial charge in [0.05, 0.1) is 12.5 Å². The van der Waals surface area contributed by atoms with Gasteiger partial charge in [0, 0.05) is 6.42 Å². The molecule has 1 aromatic carbocycles. The number of hydrogen-bond acceptors (Lipinski definition) is 3. The molecule has 0 bridgehead atoms. The topological polar surface area (TPSA) is 35.5 Å². The van der Waals surface area contributed by atoms with Crippen molar-refractivity contribution in [2.24, 2.45) is 0 Å². The zero-order valence-corrected chi connectivity index (χ0v) is 15.8. The zero-order chi connectivity index (χ0) is 17.1. The minimum Gasteiger partial charge on any atom is -0.458 e. The van der Waals surface area contributed by atoms with Gasteiger partial charge in [-0.3, -0.25) is 4.79 Å². The first-order valence-electron chi connectivity index (χ1n) is 8.28. The molecular formula is C19H28O3Si. The lowest BCUT2D eigenvalue weighted by Gasteiger charge is -2.40. The molecule has 4 heteroatoms. The average molecular weight is 333 g/mol. The van der Waals surface area contributed by atoms with Crippen LogP contribution in [-0.2, 0) is 14.0 Å². The van der Waals surface area contributed by atoms with E-state index in [0.717, 1.165) is 12.0 Å². The third-order valence-corrected chi connectivity index (χ3v) is 9.28. The Morgan fingerprint density at radius 1 is 1.22 bits per heavy atom. The van der Waals surface area contributed by atoms with Gasteiger partial charge in [0.1, 0.15) is 6.10 Å². The van der Waals surface area contributed by atoms with Crippen molar-refractivity contribution in [1.82, 2.24) is 0 Å². The van der Waals surface area contributed by atoms with Crippen molar-refractivity contribution in [3.05, 3.63) is 42.0 Å². The largest absolute Gasteiger partial charge is 0.458 e. The maximum absolute atomic E-state index is 11.9. The molecule has 2 atom stereocenters. The van der Waals surface area contributed by atoms with E-state index >= 15 is 0 Å². The van der Waals surface area contributed by atoms with Crippen LogP contribution in [0.3, 0.4) is 0 Å². The maximum atomic E-state index is 11.9. The Kier molecular flexibility index (Phi) is 5.47. The van der Waals surface area contributed by atoms with Gasteiger partial charge >= 0.3 is 5.97 Å². The van der Waals surface area contributed by atoms with Crippen LogP contribution in [-0.4, -0.2) is 26.5 Å². The Hall–Kier alpha value is -1.39. The van der Waals surface area contributed by atoms with Crippen LogP contribution in [0.15, 0.2) is 36.4 Å². The summed E-state index contributed by atoms with van der Waals surface area (Å²) in [6, 6.07) is 10.0. The first-order chi connectivity index (χ1) is 10.7.